The van der Waals surface area contributed by atoms with Gasteiger partial charge >= 0.3 is 19.8 Å². The fraction of sp³-hybridized carbons (Fsp3) is 0.867. The zero-order valence-corrected chi connectivity index (χ0v) is 26.2. The van der Waals surface area contributed by atoms with Crippen LogP contribution in [0.25, 0.3) is 0 Å². The average Bonchev–Trinajstić information content (AvgIpc) is 2.93. The number of esters is 2. The van der Waals surface area contributed by atoms with Gasteiger partial charge < -0.3 is 20.1 Å². The molecule has 2 unspecified atom stereocenters. The first-order valence-corrected chi connectivity index (χ1v) is 17.2. The number of phosphoric ester groups is 1. The maximum absolute atomic E-state index is 12.3. The Morgan fingerprint density at radius 1 is 0.725 bits per heavy atom. The highest BCUT2D eigenvalue weighted by Gasteiger charge is 2.25. The van der Waals surface area contributed by atoms with Crippen LogP contribution in [0.15, 0.2) is 12.2 Å². The molecule has 0 aromatic heterocycles. The van der Waals surface area contributed by atoms with E-state index in [4.69, 9.17) is 24.3 Å². The Bertz CT molecular complexity index is 689. The maximum Gasteiger partial charge on any atom is 0.472 e. The molecule has 2 atom stereocenters. The Kier molecular flexibility index (Phi) is 27.0. The number of unbranched alkanes of at least 4 members (excludes halogenated alkanes) is 14. The SMILES string of the molecule is CCCCCCCC/C=C\CCCCCCCCCC(=O)OC(COC(=O)CCCC)COP(=O)(O)OCCN. The van der Waals surface area contributed by atoms with Crippen molar-refractivity contribution >= 4 is 19.8 Å². The van der Waals surface area contributed by atoms with Gasteiger partial charge in [0.25, 0.3) is 0 Å². The summed E-state index contributed by atoms with van der Waals surface area (Å²) < 4.78 is 32.0. The minimum atomic E-state index is -4.34. The first-order chi connectivity index (χ1) is 19.3. The summed E-state index contributed by atoms with van der Waals surface area (Å²) in [6.07, 6.45) is 23.6. The summed E-state index contributed by atoms with van der Waals surface area (Å²) in [5.74, 6) is -0.875. The van der Waals surface area contributed by atoms with Crippen LogP contribution in [0, 0.1) is 0 Å². The van der Waals surface area contributed by atoms with E-state index in [0.29, 0.717) is 12.8 Å². The summed E-state index contributed by atoms with van der Waals surface area (Å²) >= 11 is 0. The zero-order valence-electron chi connectivity index (χ0n) is 25.3. The predicted molar refractivity (Wildman–Crippen MR) is 160 cm³/mol. The quantitative estimate of drug-likeness (QED) is 0.0391. The molecule has 40 heavy (non-hydrogen) atoms. The van der Waals surface area contributed by atoms with E-state index in [1.807, 2.05) is 6.92 Å². The molecule has 0 radical (unpaired) electrons. The van der Waals surface area contributed by atoms with Crippen LogP contribution in [0.4, 0.5) is 0 Å². The third kappa shape index (κ3) is 26.9. The molecule has 0 amide bonds. The van der Waals surface area contributed by atoms with E-state index in [2.05, 4.69) is 19.1 Å². The van der Waals surface area contributed by atoms with Crippen LogP contribution in [0.5, 0.6) is 0 Å². The summed E-state index contributed by atoms with van der Waals surface area (Å²) in [7, 11) is -4.34. The smallest absolute Gasteiger partial charge is 0.462 e. The molecule has 10 heteroatoms. The topological polar surface area (TPSA) is 134 Å². The van der Waals surface area contributed by atoms with Gasteiger partial charge in [0.05, 0.1) is 13.2 Å². The molecule has 0 aromatic carbocycles. The number of rotatable bonds is 29. The van der Waals surface area contributed by atoms with Crippen molar-refractivity contribution in [3.63, 3.8) is 0 Å². The number of ether oxygens (including phenoxy) is 2. The van der Waals surface area contributed by atoms with Crippen LogP contribution in [-0.2, 0) is 32.7 Å². The molecular weight excluding hydrogens is 533 g/mol. The summed E-state index contributed by atoms with van der Waals surface area (Å²) in [6.45, 7) is 3.43. The van der Waals surface area contributed by atoms with Gasteiger partial charge in [-0.05, 0) is 38.5 Å². The number of hydrogen-bond acceptors (Lipinski definition) is 8. The van der Waals surface area contributed by atoms with Crippen LogP contribution in [-0.4, -0.2) is 49.3 Å². The van der Waals surface area contributed by atoms with Crippen LogP contribution < -0.4 is 5.73 Å². The highest BCUT2D eigenvalue weighted by Crippen LogP contribution is 2.43. The van der Waals surface area contributed by atoms with E-state index in [9.17, 15) is 19.0 Å². The Hall–Kier alpha value is -1.25. The van der Waals surface area contributed by atoms with E-state index < -0.39 is 32.5 Å². The molecule has 9 nitrogen and oxygen atoms in total. The Labute approximate surface area is 243 Å². The summed E-state index contributed by atoms with van der Waals surface area (Å²) in [5.41, 5.74) is 5.27. The fourth-order valence-electron chi connectivity index (χ4n) is 4.02. The van der Waals surface area contributed by atoms with Gasteiger partial charge in [0, 0.05) is 19.4 Å². The minimum Gasteiger partial charge on any atom is -0.462 e. The van der Waals surface area contributed by atoms with Crippen molar-refractivity contribution in [2.45, 2.75) is 142 Å². The largest absolute Gasteiger partial charge is 0.472 e. The number of hydrogen-bond donors (Lipinski definition) is 2. The number of carbonyl (C=O) groups is 2. The molecule has 3 N–H and O–H groups in total. The third-order valence-corrected chi connectivity index (χ3v) is 7.39. The molecule has 0 saturated heterocycles. The normalized spacial score (nSPS) is 13.8. The van der Waals surface area contributed by atoms with Crippen molar-refractivity contribution in [3.05, 3.63) is 12.2 Å². The molecule has 0 aliphatic rings. The zero-order chi connectivity index (χ0) is 29.7. The van der Waals surface area contributed by atoms with Gasteiger partial charge in [0.2, 0.25) is 0 Å². The molecule has 0 aromatic rings. The summed E-state index contributed by atoms with van der Waals surface area (Å²) in [5, 5.41) is 0. The van der Waals surface area contributed by atoms with Gasteiger partial charge in [-0.15, -0.1) is 0 Å². The van der Waals surface area contributed by atoms with Crippen LogP contribution in [0.1, 0.15) is 136 Å². The van der Waals surface area contributed by atoms with Crippen molar-refractivity contribution in [1.29, 1.82) is 0 Å². The lowest BCUT2D eigenvalue weighted by molar-refractivity contribution is -0.161. The lowest BCUT2D eigenvalue weighted by Crippen LogP contribution is -2.29. The minimum absolute atomic E-state index is 0.0536. The second-order valence-corrected chi connectivity index (χ2v) is 11.8. The van der Waals surface area contributed by atoms with E-state index in [0.717, 1.165) is 32.1 Å². The van der Waals surface area contributed by atoms with Crippen molar-refractivity contribution in [1.82, 2.24) is 0 Å². The second kappa shape index (κ2) is 27.9. The fourth-order valence-corrected chi connectivity index (χ4v) is 4.78. The van der Waals surface area contributed by atoms with Crippen molar-refractivity contribution in [2.75, 3.05) is 26.4 Å². The molecular formula is C30H58NO8P. The Balaban J connectivity index is 4.03. The molecule has 0 aliphatic carbocycles. The standard InChI is InChI=1S/C30H58NO8P/c1-3-5-7-8-9-10-11-12-13-14-15-16-17-18-19-20-21-23-30(33)39-28(26-36-29(32)22-6-4-2)27-38-40(34,35)37-25-24-31/h12-13,28H,3-11,14-27,31H2,1-2H3,(H,34,35)/b13-12-. The second-order valence-electron chi connectivity index (χ2n) is 10.3. The van der Waals surface area contributed by atoms with E-state index in [1.165, 1.54) is 64.2 Å². The molecule has 0 bridgehead atoms. The molecule has 236 valence electrons. The van der Waals surface area contributed by atoms with E-state index >= 15 is 0 Å². The Morgan fingerprint density at radius 3 is 1.82 bits per heavy atom. The summed E-state index contributed by atoms with van der Waals surface area (Å²) in [4.78, 5) is 33.8. The van der Waals surface area contributed by atoms with Gasteiger partial charge in [-0.3, -0.25) is 18.6 Å². The monoisotopic (exact) mass is 591 g/mol. The summed E-state index contributed by atoms with van der Waals surface area (Å²) in [6, 6.07) is 0. The van der Waals surface area contributed by atoms with Crippen molar-refractivity contribution in [3.8, 4) is 0 Å². The number of phosphoric acid groups is 1. The van der Waals surface area contributed by atoms with Crippen LogP contribution in [0.2, 0.25) is 0 Å². The molecule has 0 heterocycles. The lowest BCUT2D eigenvalue weighted by atomic mass is 10.1. The molecule has 0 fully saturated rings. The van der Waals surface area contributed by atoms with Crippen LogP contribution >= 0.6 is 7.82 Å². The molecule has 0 aliphatic heterocycles. The van der Waals surface area contributed by atoms with Gasteiger partial charge in [-0.1, -0.05) is 96.6 Å². The van der Waals surface area contributed by atoms with Crippen LogP contribution in [0.3, 0.4) is 0 Å². The maximum atomic E-state index is 12.3. The van der Waals surface area contributed by atoms with Crippen molar-refractivity contribution < 1.29 is 37.6 Å². The van der Waals surface area contributed by atoms with Gasteiger partial charge in [0.15, 0.2) is 6.10 Å². The number of nitrogens with two attached hydrogens (primary N) is 1. The first kappa shape index (κ1) is 38.8. The lowest BCUT2D eigenvalue weighted by Gasteiger charge is -2.19. The van der Waals surface area contributed by atoms with E-state index in [-0.39, 0.29) is 32.6 Å². The number of allylic oxidation sites excluding steroid dienone is 2. The van der Waals surface area contributed by atoms with Gasteiger partial charge in [0.1, 0.15) is 6.61 Å². The predicted octanol–water partition coefficient (Wildman–Crippen LogP) is 7.54. The average molecular weight is 592 g/mol. The highest BCUT2D eigenvalue weighted by molar-refractivity contribution is 7.47. The number of carbonyl (C=O) groups excluding carboxylic acids is 2. The molecule has 0 rings (SSSR count). The van der Waals surface area contributed by atoms with Crippen molar-refractivity contribution in [2.24, 2.45) is 5.73 Å². The first-order valence-electron chi connectivity index (χ1n) is 15.7. The highest BCUT2D eigenvalue weighted by atomic mass is 31.2. The molecule has 0 saturated carbocycles. The van der Waals surface area contributed by atoms with Gasteiger partial charge in [-0.25, -0.2) is 4.57 Å². The Morgan fingerprint density at radius 2 is 1.25 bits per heavy atom. The molecule has 0 spiro atoms. The van der Waals surface area contributed by atoms with E-state index in [1.54, 1.807) is 0 Å². The third-order valence-electron chi connectivity index (χ3n) is 6.40. The van der Waals surface area contributed by atoms with Gasteiger partial charge in [-0.2, -0.15) is 0 Å².